The Hall–Kier alpha value is -2.83. The summed E-state index contributed by atoms with van der Waals surface area (Å²) in [6.45, 7) is 5.25. The highest BCUT2D eigenvalue weighted by Gasteiger charge is 2.41. The fourth-order valence-electron chi connectivity index (χ4n) is 3.60. The van der Waals surface area contributed by atoms with Gasteiger partial charge in [0.05, 0.1) is 19.4 Å². The van der Waals surface area contributed by atoms with E-state index in [1.54, 1.807) is 49.4 Å². The molecule has 1 atom stereocenters. The molecule has 7 heteroatoms. The summed E-state index contributed by atoms with van der Waals surface area (Å²) in [7, 11) is 3.04. The molecule has 3 rings (SSSR count). The van der Waals surface area contributed by atoms with Crippen LogP contribution in [-0.4, -0.2) is 46.3 Å². The van der Waals surface area contributed by atoms with Crippen LogP contribution in [0, 0.1) is 13.8 Å². The number of rotatable bonds is 6. The second-order valence-electron chi connectivity index (χ2n) is 6.95. The van der Waals surface area contributed by atoms with Gasteiger partial charge in [0.1, 0.15) is 5.69 Å². The van der Waals surface area contributed by atoms with E-state index in [-0.39, 0.29) is 23.5 Å². The number of methoxy groups -OCH3 is 1. The fourth-order valence-corrected chi connectivity index (χ4v) is 3.60. The van der Waals surface area contributed by atoms with E-state index < -0.39 is 12.0 Å². The van der Waals surface area contributed by atoms with Crippen molar-refractivity contribution in [2.45, 2.75) is 45.7 Å². The summed E-state index contributed by atoms with van der Waals surface area (Å²) >= 11 is 0. The highest BCUT2D eigenvalue weighted by Crippen LogP contribution is 2.32. The number of carbonyl (C=O) groups is 3. The van der Waals surface area contributed by atoms with Crippen LogP contribution in [0.1, 0.15) is 62.4 Å². The molecule has 2 aromatic heterocycles. The van der Waals surface area contributed by atoms with Gasteiger partial charge in [-0.25, -0.2) is 4.79 Å². The van der Waals surface area contributed by atoms with E-state index in [4.69, 9.17) is 9.15 Å². The van der Waals surface area contributed by atoms with Crippen LogP contribution < -0.4 is 0 Å². The maximum atomic E-state index is 13.3. The number of hydrogen-bond donors (Lipinski definition) is 0. The second kappa shape index (κ2) is 7.06. The van der Waals surface area contributed by atoms with Gasteiger partial charge in [-0.15, -0.1) is 0 Å². The van der Waals surface area contributed by atoms with Crippen LogP contribution in [0.3, 0.4) is 0 Å². The summed E-state index contributed by atoms with van der Waals surface area (Å²) in [6.07, 6.45) is 3.17. The number of amides is 1. The number of Topliss-reactive ketones (excluding diaryl/α,β-unsaturated/α-hetero) is 1. The Morgan fingerprint density at radius 3 is 2.48 bits per heavy atom. The lowest BCUT2D eigenvalue weighted by molar-refractivity contribution is 0.0581. The van der Waals surface area contributed by atoms with Crippen LogP contribution >= 0.6 is 0 Å². The zero-order valence-corrected chi connectivity index (χ0v) is 16.2. The first-order chi connectivity index (χ1) is 12.8. The number of carbonyl (C=O) groups excluding carboxylic acids is 3. The molecule has 1 aliphatic carbocycles. The van der Waals surface area contributed by atoms with Crippen LogP contribution in [0.25, 0.3) is 0 Å². The van der Waals surface area contributed by atoms with E-state index in [1.165, 1.54) is 13.4 Å². The Kier molecular flexibility index (Phi) is 4.95. The van der Waals surface area contributed by atoms with Crippen LogP contribution in [0.2, 0.25) is 0 Å². The minimum absolute atomic E-state index is 0.0333. The van der Waals surface area contributed by atoms with Crippen molar-refractivity contribution >= 4 is 17.7 Å². The van der Waals surface area contributed by atoms with Crippen molar-refractivity contribution in [2.24, 2.45) is 7.05 Å². The van der Waals surface area contributed by atoms with E-state index in [1.807, 2.05) is 0 Å². The van der Waals surface area contributed by atoms with Gasteiger partial charge in [-0.3, -0.25) is 9.59 Å². The Morgan fingerprint density at radius 1 is 1.30 bits per heavy atom. The fraction of sp³-hybridized carbons (Fsp3) is 0.450. The molecule has 27 heavy (non-hydrogen) atoms. The number of ketones is 1. The standard InChI is InChI=1S/C20H24N2O5/c1-11-16(12(2)21(4)17(11)20(25)26-5)18(23)13(3)22(14-8-9-14)19(24)15-7-6-10-27-15/h6-7,10,13-14H,8-9H2,1-5H3/t13-/m0/s1. The van der Waals surface area contributed by atoms with E-state index in [0.717, 1.165) is 12.8 Å². The number of esters is 1. The van der Waals surface area contributed by atoms with Crippen molar-refractivity contribution in [3.63, 3.8) is 0 Å². The Bertz CT molecular complexity index is 890. The van der Waals surface area contributed by atoms with Gasteiger partial charge in [0, 0.05) is 24.3 Å². The van der Waals surface area contributed by atoms with Crippen LogP contribution in [0.5, 0.6) is 0 Å². The van der Waals surface area contributed by atoms with Crippen molar-refractivity contribution in [1.29, 1.82) is 0 Å². The molecule has 0 aliphatic heterocycles. The van der Waals surface area contributed by atoms with Crippen molar-refractivity contribution in [3.05, 3.63) is 46.7 Å². The van der Waals surface area contributed by atoms with Crippen molar-refractivity contribution in [2.75, 3.05) is 7.11 Å². The van der Waals surface area contributed by atoms with Gasteiger partial charge in [-0.1, -0.05) is 0 Å². The van der Waals surface area contributed by atoms with Gasteiger partial charge in [-0.05, 0) is 51.3 Å². The molecular formula is C20H24N2O5. The number of ether oxygens (including phenoxy) is 1. The quantitative estimate of drug-likeness (QED) is 0.575. The molecule has 0 spiro atoms. The molecule has 144 valence electrons. The van der Waals surface area contributed by atoms with Gasteiger partial charge < -0.3 is 18.6 Å². The van der Waals surface area contributed by atoms with Gasteiger partial charge in [0.15, 0.2) is 11.5 Å². The first-order valence-corrected chi connectivity index (χ1v) is 8.94. The molecule has 0 radical (unpaired) electrons. The average Bonchev–Trinajstić information content (AvgIpc) is 3.26. The van der Waals surface area contributed by atoms with Crippen molar-refractivity contribution in [3.8, 4) is 0 Å². The molecule has 0 bridgehead atoms. The second-order valence-corrected chi connectivity index (χ2v) is 6.95. The van der Waals surface area contributed by atoms with Crippen molar-refractivity contribution in [1.82, 2.24) is 9.47 Å². The first kappa shape index (κ1) is 18.9. The summed E-state index contributed by atoms with van der Waals surface area (Å²) in [4.78, 5) is 39.9. The maximum absolute atomic E-state index is 13.3. The number of furan rings is 1. The van der Waals surface area contributed by atoms with Crippen LogP contribution in [0.4, 0.5) is 0 Å². The predicted molar refractivity (Wildman–Crippen MR) is 97.9 cm³/mol. The monoisotopic (exact) mass is 372 g/mol. The predicted octanol–water partition coefficient (Wildman–Crippen LogP) is 2.90. The van der Waals surface area contributed by atoms with E-state index in [9.17, 15) is 14.4 Å². The molecule has 7 nitrogen and oxygen atoms in total. The van der Waals surface area contributed by atoms with Gasteiger partial charge >= 0.3 is 5.97 Å². The van der Waals surface area contributed by atoms with E-state index in [2.05, 4.69) is 0 Å². The summed E-state index contributed by atoms with van der Waals surface area (Å²) in [5.41, 5.74) is 2.05. The zero-order valence-electron chi connectivity index (χ0n) is 16.2. The first-order valence-electron chi connectivity index (χ1n) is 8.94. The Labute approximate surface area is 157 Å². The summed E-state index contributed by atoms with van der Waals surface area (Å²) in [6, 6.07) is 2.62. The summed E-state index contributed by atoms with van der Waals surface area (Å²) in [5.74, 6) is -0.751. The van der Waals surface area contributed by atoms with E-state index in [0.29, 0.717) is 22.5 Å². The topological polar surface area (TPSA) is 81.8 Å². The minimum Gasteiger partial charge on any atom is -0.464 e. The lowest BCUT2D eigenvalue weighted by Gasteiger charge is -2.28. The third-order valence-electron chi connectivity index (χ3n) is 5.26. The lowest BCUT2D eigenvalue weighted by atomic mass is 9.99. The minimum atomic E-state index is -0.666. The molecule has 1 saturated carbocycles. The smallest absolute Gasteiger partial charge is 0.354 e. The highest BCUT2D eigenvalue weighted by atomic mass is 16.5. The zero-order chi connectivity index (χ0) is 19.9. The number of aromatic nitrogens is 1. The Morgan fingerprint density at radius 2 is 1.96 bits per heavy atom. The summed E-state index contributed by atoms with van der Waals surface area (Å²) < 4.78 is 11.7. The molecule has 2 heterocycles. The largest absolute Gasteiger partial charge is 0.464 e. The number of nitrogens with zero attached hydrogens (tertiary/aromatic N) is 2. The van der Waals surface area contributed by atoms with Crippen LogP contribution in [-0.2, 0) is 11.8 Å². The number of hydrogen-bond acceptors (Lipinski definition) is 5. The lowest BCUT2D eigenvalue weighted by Crippen LogP contribution is -2.45. The molecule has 0 unspecified atom stereocenters. The molecule has 0 aromatic carbocycles. The maximum Gasteiger partial charge on any atom is 0.354 e. The normalized spacial score (nSPS) is 14.7. The summed E-state index contributed by atoms with van der Waals surface area (Å²) in [5, 5.41) is 0. The van der Waals surface area contributed by atoms with Gasteiger partial charge in [-0.2, -0.15) is 0 Å². The van der Waals surface area contributed by atoms with Crippen LogP contribution in [0.15, 0.2) is 22.8 Å². The Balaban J connectivity index is 1.97. The SMILES string of the molecule is COC(=O)c1c(C)c(C(=O)[C@H](C)N(C(=O)c2ccco2)C2CC2)c(C)n1C. The molecule has 1 fully saturated rings. The van der Waals surface area contributed by atoms with Crippen molar-refractivity contribution < 1.29 is 23.5 Å². The third kappa shape index (κ3) is 3.18. The molecule has 0 saturated heterocycles. The molecular weight excluding hydrogens is 348 g/mol. The molecule has 0 N–H and O–H groups in total. The van der Waals surface area contributed by atoms with E-state index >= 15 is 0 Å². The molecule has 1 amide bonds. The molecule has 1 aliphatic rings. The average molecular weight is 372 g/mol. The van der Waals surface area contributed by atoms with Gasteiger partial charge in [0.2, 0.25) is 0 Å². The van der Waals surface area contributed by atoms with Gasteiger partial charge in [0.25, 0.3) is 5.91 Å². The molecule has 2 aromatic rings. The third-order valence-corrected chi connectivity index (χ3v) is 5.26. The highest BCUT2D eigenvalue weighted by molar-refractivity contribution is 6.07.